The van der Waals surface area contributed by atoms with Crippen LogP contribution in [0.3, 0.4) is 0 Å². The van der Waals surface area contributed by atoms with E-state index in [4.69, 9.17) is 4.74 Å². The number of aliphatic hydroxyl groups is 1. The summed E-state index contributed by atoms with van der Waals surface area (Å²) in [6.07, 6.45) is 1.87. The highest BCUT2D eigenvalue weighted by Gasteiger charge is 2.22. The van der Waals surface area contributed by atoms with Crippen molar-refractivity contribution in [1.29, 1.82) is 0 Å². The smallest absolute Gasteiger partial charge is 0.273 e. The Hall–Kier alpha value is -1.75. The number of thioether (sulfide) groups is 1. The lowest BCUT2D eigenvalue weighted by Gasteiger charge is -2.21. The van der Waals surface area contributed by atoms with Crippen LogP contribution in [0.1, 0.15) is 6.92 Å². The van der Waals surface area contributed by atoms with Gasteiger partial charge in [0, 0.05) is 18.3 Å². The number of nitrogens with one attached hydrogen (secondary N) is 1. The van der Waals surface area contributed by atoms with E-state index < -0.39 is 10.0 Å². The molecule has 2 N–H and O–H groups in total. The number of ether oxygens (including phenoxy) is 1. The van der Waals surface area contributed by atoms with Crippen LogP contribution < -0.4 is 14.4 Å². The van der Waals surface area contributed by atoms with Crippen LogP contribution in [0.2, 0.25) is 0 Å². The molecule has 1 amide bonds. The second-order valence-corrected chi connectivity index (χ2v) is 10.2. The Bertz CT molecular complexity index is 850. The third-order valence-electron chi connectivity index (χ3n) is 4.11. The lowest BCUT2D eigenvalue weighted by atomic mass is 10.2. The van der Waals surface area contributed by atoms with E-state index in [1.807, 2.05) is 13.2 Å². The van der Waals surface area contributed by atoms with Gasteiger partial charge in [0.05, 0.1) is 12.3 Å². The molecule has 0 spiro atoms. The average Bonchev–Trinajstić information content (AvgIpc) is 3.23. The molecule has 0 radical (unpaired) electrons. The van der Waals surface area contributed by atoms with E-state index in [1.165, 1.54) is 23.1 Å². The number of benzene rings is 1. The van der Waals surface area contributed by atoms with E-state index in [0.29, 0.717) is 11.4 Å². The quantitative estimate of drug-likeness (QED) is 0.583. The topological polar surface area (TPSA) is 95.9 Å². The highest BCUT2D eigenvalue weighted by molar-refractivity contribution is 7.99. The number of hydrogen-bond acceptors (Lipinski definition) is 7. The molecule has 10 heteroatoms. The largest absolute Gasteiger partial charge is 0.484 e. The van der Waals surface area contributed by atoms with E-state index in [2.05, 4.69) is 5.32 Å². The molecular weight excluding hydrogens is 420 g/mol. The monoisotopic (exact) mass is 444 g/mol. The first-order chi connectivity index (χ1) is 13.3. The first-order valence-corrected chi connectivity index (χ1v) is 12.1. The molecule has 154 valence electrons. The van der Waals surface area contributed by atoms with Gasteiger partial charge in [-0.1, -0.05) is 6.07 Å². The molecule has 1 aromatic carbocycles. The van der Waals surface area contributed by atoms with Crippen LogP contribution in [0.5, 0.6) is 5.75 Å². The minimum absolute atomic E-state index is 0.0210. The molecule has 0 saturated heterocycles. The molecule has 0 bridgehead atoms. The summed E-state index contributed by atoms with van der Waals surface area (Å²) in [5.74, 6) is 0.165. The van der Waals surface area contributed by atoms with Crippen molar-refractivity contribution in [3.8, 4) is 5.75 Å². The van der Waals surface area contributed by atoms with Gasteiger partial charge >= 0.3 is 0 Å². The number of rotatable bonds is 10. The van der Waals surface area contributed by atoms with Gasteiger partial charge in [-0.3, -0.25) is 9.10 Å². The van der Waals surface area contributed by atoms with Gasteiger partial charge in [0.2, 0.25) is 0 Å². The van der Waals surface area contributed by atoms with Gasteiger partial charge in [-0.05, 0) is 48.9 Å². The summed E-state index contributed by atoms with van der Waals surface area (Å²) in [5, 5.41) is 13.7. The third kappa shape index (κ3) is 5.63. The lowest BCUT2D eigenvalue weighted by molar-refractivity contribution is -0.123. The molecule has 7 nitrogen and oxygen atoms in total. The summed E-state index contributed by atoms with van der Waals surface area (Å²) >= 11 is 2.64. The Labute approximate surface area is 173 Å². The first-order valence-electron chi connectivity index (χ1n) is 8.48. The van der Waals surface area contributed by atoms with Crippen molar-refractivity contribution in [1.82, 2.24) is 5.32 Å². The lowest BCUT2D eigenvalue weighted by Crippen LogP contribution is -2.43. The molecule has 2 aromatic rings. The summed E-state index contributed by atoms with van der Waals surface area (Å²) < 4.78 is 32.0. The second-order valence-electron chi connectivity index (χ2n) is 6.00. The SMILES string of the molecule is CS[C@@H](CO)[C@H](C)NC(=O)COc1ccc(N(C)S(=O)(=O)c2cccs2)cc1. The first kappa shape index (κ1) is 22.5. The summed E-state index contributed by atoms with van der Waals surface area (Å²) in [6, 6.07) is 9.54. The van der Waals surface area contributed by atoms with Gasteiger partial charge in [-0.15, -0.1) is 11.3 Å². The van der Waals surface area contributed by atoms with Crippen LogP contribution in [0, 0.1) is 0 Å². The van der Waals surface area contributed by atoms with E-state index >= 15 is 0 Å². The number of aliphatic hydroxyl groups excluding tert-OH is 1. The van der Waals surface area contributed by atoms with Crippen LogP contribution in [0.25, 0.3) is 0 Å². The van der Waals surface area contributed by atoms with Crippen molar-refractivity contribution in [3.05, 3.63) is 41.8 Å². The normalized spacial score (nSPS) is 13.6. The number of carbonyl (C=O) groups excluding carboxylic acids is 1. The van der Waals surface area contributed by atoms with Gasteiger partial charge < -0.3 is 15.2 Å². The molecule has 2 atom stereocenters. The van der Waals surface area contributed by atoms with Gasteiger partial charge in [0.15, 0.2) is 6.61 Å². The van der Waals surface area contributed by atoms with Crippen LogP contribution in [-0.4, -0.2) is 57.2 Å². The zero-order chi connectivity index (χ0) is 20.7. The van der Waals surface area contributed by atoms with Crippen LogP contribution in [0.15, 0.2) is 46.0 Å². The maximum Gasteiger partial charge on any atom is 0.273 e. The fourth-order valence-corrected chi connectivity index (χ4v) is 5.39. The molecule has 0 aliphatic carbocycles. The molecule has 0 fully saturated rings. The maximum absolute atomic E-state index is 12.5. The molecular formula is C18H24N2O5S3. The number of nitrogens with zero attached hydrogens (tertiary/aromatic N) is 1. The Morgan fingerprint density at radius 3 is 2.54 bits per heavy atom. The van der Waals surface area contributed by atoms with Crippen molar-refractivity contribution in [2.24, 2.45) is 0 Å². The number of thiophene rings is 1. The summed E-state index contributed by atoms with van der Waals surface area (Å²) in [4.78, 5) is 12.0. The number of anilines is 1. The summed E-state index contributed by atoms with van der Waals surface area (Å²) in [7, 11) is -2.10. The average molecular weight is 445 g/mol. The Morgan fingerprint density at radius 2 is 2.00 bits per heavy atom. The van der Waals surface area contributed by atoms with Crippen LogP contribution >= 0.6 is 23.1 Å². The van der Waals surface area contributed by atoms with Crippen molar-refractivity contribution < 1.29 is 23.1 Å². The molecule has 1 aromatic heterocycles. The van der Waals surface area contributed by atoms with E-state index in [0.717, 1.165) is 11.3 Å². The number of carbonyl (C=O) groups is 1. The minimum atomic E-state index is -3.59. The maximum atomic E-state index is 12.5. The van der Waals surface area contributed by atoms with Gasteiger partial charge in [-0.2, -0.15) is 11.8 Å². The van der Waals surface area contributed by atoms with Crippen molar-refractivity contribution >= 4 is 44.7 Å². The van der Waals surface area contributed by atoms with Gasteiger partial charge in [-0.25, -0.2) is 8.42 Å². The Balaban J connectivity index is 1.93. The third-order valence-corrected chi connectivity index (χ3v) is 8.43. The van der Waals surface area contributed by atoms with E-state index in [9.17, 15) is 18.3 Å². The molecule has 0 aliphatic heterocycles. The van der Waals surface area contributed by atoms with Gasteiger partial charge in [0.1, 0.15) is 9.96 Å². The number of hydrogen-bond donors (Lipinski definition) is 2. The predicted molar refractivity (Wildman–Crippen MR) is 114 cm³/mol. The van der Waals surface area contributed by atoms with Crippen LogP contribution in [-0.2, 0) is 14.8 Å². The molecule has 0 saturated carbocycles. The van der Waals surface area contributed by atoms with Crippen LogP contribution in [0.4, 0.5) is 5.69 Å². The Kier molecular flexibility index (Phi) is 8.17. The number of amides is 1. The fraction of sp³-hybridized carbons (Fsp3) is 0.389. The molecule has 0 aliphatic rings. The molecule has 1 heterocycles. The second kappa shape index (κ2) is 10.1. The molecule has 28 heavy (non-hydrogen) atoms. The summed E-state index contributed by atoms with van der Waals surface area (Å²) in [5.41, 5.74) is 0.490. The minimum Gasteiger partial charge on any atom is -0.484 e. The highest BCUT2D eigenvalue weighted by Crippen LogP contribution is 2.26. The molecule has 2 rings (SSSR count). The molecule has 0 unspecified atom stereocenters. The van der Waals surface area contributed by atoms with Crippen molar-refractivity contribution in [2.45, 2.75) is 22.4 Å². The van der Waals surface area contributed by atoms with E-state index in [1.54, 1.807) is 41.8 Å². The fourth-order valence-electron chi connectivity index (χ4n) is 2.41. The standard InChI is InChI=1S/C18H24N2O5S3/c1-13(16(11-21)26-3)19-17(22)12-25-15-8-6-14(7-9-15)20(2)28(23,24)18-5-4-10-27-18/h4-10,13,16,21H,11-12H2,1-3H3,(H,19,22)/t13-,16-/m0/s1. The zero-order valence-corrected chi connectivity index (χ0v) is 18.3. The predicted octanol–water partition coefficient (Wildman–Crippen LogP) is 2.18. The van der Waals surface area contributed by atoms with E-state index in [-0.39, 0.29) is 34.6 Å². The number of sulfonamides is 1. The van der Waals surface area contributed by atoms with Gasteiger partial charge in [0.25, 0.3) is 15.9 Å². The summed E-state index contributed by atoms with van der Waals surface area (Å²) in [6.45, 7) is 1.64. The highest BCUT2D eigenvalue weighted by atomic mass is 32.2. The van der Waals surface area contributed by atoms with Crippen molar-refractivity contribution in [2.75, 3.05) is 30.8 Å². The Morgan fingerprint density at radius 1 is 1.32 bits per heavy atom. The zero-order valence-electron chi connectivity index (χ0n) is 15.9. The van der Waals surface area contributed by atoms with Crippen molar-refractivity contribution in [3.63, 3.8) is 0 Å².